The second-order valence-corrected chi connectivity index (χ2v) is 7.19. The Labute approximate surface area is 169 Å². The highest BCUT2D eigenvalue weighted by molar-refractivity contribution is 5.76. The van der Waals surface area contributed by atoms with Crippen LogP contribution in [0.3, 0.4) is 0 Å². The van der Waals surface area contributed by atoms with Gasteiger partial charge in [0.05, 0.1) is 17.5 Å². The fourth-order valence-electron chi connectivity index (χ4n) is 3.93. The summed E-state index contributed by atoms with van der Waals surface area (Å²) in [4.78, 5) is 9.19. The van der Waals surface area contributed by atoms with Crippen LogP contribution in [0.5, 0.6) is 5.75 Å². The van der Waals surface area contributed by atoms with Crippen LogP contribution in [0.1, 0.15) is 30.6 Å². The minimum Gasteiger partial charge on any atom is -0.440 e. The van der Waals surface area contributed by atoms with E-state index in [2.05, 4.69) is 14.3 Å². The van der Waals surface area contributed by atoms with Crippen molar-refractivity contribution in [2.75, 3.05) is 13.2 Å². The van der Waals surface area contributed by atoms with E-state index in [9.17, 15) is 13.2 Å². The van der Waals surface area contributed by atoms with Crippen LogP contribution >= 0.6 is 0 Å². The lowest BCUT2D eigenvalue weighted by Crippen LogP contribution is -2.21. The van der Waals surface area contributed by atoms with Crippen molar-refractivity contribution in [3.05, 3.63) is 54.2 Å². The van der Waals surface area contributed by atoms with Crippen LogP contribution in [0.15, 0.2) is 46.9 Å². The van der Waals surface area contributed by atoms with Gasteiger partial charge in [0.1, 0.15) is 17.1 Å². The van der Waals surface area contributed by atoms with Gasteiger partial charge in [0.25, 0.3) is 0 Å². The highest BCUT2D eigenvalue weighted by Gasteiger charge is 2.31. The van der Waals surface area contributed by atoms with Crippen LogP contribution in [0.25, 0.3) is 22.1 Å². The number of alkyl halides is 3. The first-order valence-corrected chi connectivity index (χ1v) is 9.65. The molecule has 30 heavy (non-hydrogen) atoms. The minimum absolute atomic E-state index is 0.237. The Hall–Kier alpha value is -3.07. The number of imidazole rings is 1. The average Bonchev–Trinajstić information content (AvgIpc) is 3.27. The molecule has 156 valence electrons. The van der Waals surface area contributed by atoms with Crippen molar-refractivity contribution >= 4 is 22.1 Å². The Bertz CT molecular complexity index is 1190. The molecule has 1 aliphatic heterocycles. The van der Waals surface area contributed by atoms with Crippen molar-refractivity contribution in [1.82, 2.24) is 14.5 Å². The number of rotatable bonds is 4. The van der Waals surface area contributed by atoms with Crippen molar-refractivity contribution < 1.29 is 27.1 Å². The third-order valence-electron chi connectivity index (χ3n) is 5.17. The highest BCUT2D eigenvalue weighted by atomic mass is 19.4. The van der Waals surface area contributed by atoms with E-state index in [0.29, 0.717) is 31.0 Å². The van der Waals surface area contributed by atoms with Gasteiger partial charge < -0.3 is 18.5 Å². The van der Waals surface area contributed by atoms with Crippen LogP contribution in [0.4, 0.5) is 13.2 Å². The summed E-state index contributed by atoms with van der Waals surface area (Å²) in [5, 5.41) is 0. The summed E-state index contributed by atoms with van der Waals surface area (Å²) in [6.07, 6.45) is -2.65. The average molecular weight is 417 g/mol. The van der Waals surface area contributed by atoms with Crippen LogP contribution in [-0.2, 0) is 11.2 Å². The second kappa shape index (κ2) is 7.32. The summed E-state index contributed by atoms with van der Waals surface area (Å²) in [6.45, 7) is 1.39. The Morgan fingerprint density at radius 3 is 2.63 bits per heavy atom. The molecule has 1 fully saturated rings. The van der Waals surface area contributed by atoms with E-state index in [-0.39, 0.29) is 17.4 Å². The molecule has 2 aromatic heterocycles. The zero-order valence-corrected chi connectivity index (χ0v) is 15.9. The molecule has 6 nitrogen and oxygen atoms in total. The summed E-state index contributed by atoms with van der Waals surface area (Å²) in [5.74, 6) is 0.853. The maximum absolute atomic E-state index is 12.5. The fraction of sp³-hybridized carbons (Fsp3) is 0.333. The smallest absolute Gasteiger partial charge is 0.440 e. The summed E-state index contributed by atoms with van der Waals surface area (Å²) >= 11 is 0. The molecule has 9 heteroatoms. The Balaban J connectivity index is 1.50. The number of oxazole rings is 1. The third-order valence-corrected chi connectivity index (χ3v) is 5.17. The van der Waals surface area contributed by atoms with Crippen molar-refractivity contribution in [2.24, 2.45) is 0 Å². The Kier molecular flexibility index (Phi) is 4.62. The van der Waals surface area contributed by atoms with Gasteiger partial charge in [-0.2, -0.15) is 0 Å². The first-order valence-electron chi connectivity index (χ1n) is 9.65. The molecule has 0 radical (unpaired) electrons. The van der Waals surface area contributed by atoms with E-state index in [1.54, 1.807) is 0 Å². The molecule has 0 atom stereocenters. The molecule has 1 saturated heterocycles. The topological polar surface area (TPSA) is 62.3 Å². The van der Waals surface area contributed by atoms with Gasteiger partial charge in [0, 0.05) is 25.3 Å². The van der Waals surface area contributed by atoms with Crippen LogP contribution < -0.4 is 4.74 Å². The number of fused-ring (bicyclic) bond motifs is 2. The van der Waals surface area contributed by atoms with Crippen molar-refractivity contribution in [1.29, 1.82) is 0 Å². The van der Waals surface area contributed by atoms with Gasteiger partial charge in [-0.25, -0.2) is 9.97 Å². The molecule has 3 heterocycles. The number of halogens is 3. The van der Waals surface area contributed by atoms with Gasteiger partial charge in [-0.1, -0.05) is 12.1 Å². The fourth-order valence-corrected chi connectivity index (χ4v) is 3.93. The standard InChI is InChI=1S/C21H18F3N3O3/c22-21(23,24)30-14-5-6-16-18(11-14)29-20(26-16)12-19-25-15-3-1-2-4-17(15)27(19)13-7-9-28-10-8-13/h1-6,11,13H,7-10,12H2. The summed E-state index contributed by atoms with van der Waals surface area (Å²) in [7, 11) is 0. The number of aromatic nitrogens is 3. The summed E-state index contributed by atoms with van der Waals surface area (Å²) in [6, 6.07) is 12.0. The quantitative estimate of drug-likeness (QED) is 0.467. The Morgan fingerprint density at radius 1 is 1.03 bits per heavy atom. The lowest BCUT2D eigenvalue weighted by Gasteiger charge is -2.25. The van der Waals surface area contributed by atoms with Gasteiger partial charge in [-0.05, 0) is 37.1 Å². The maximum atomic E-state index is 12.5. The molecule has 0 unspecified atom stereocenters. The van der Waals surface area contributed by atoms with E-state index in [4.69, 9.17) is 14.1 Å². The van der Waals surface area contributed by atoms with E-state index >= 15 is 0 Å². The van der Waals surface area contributed by atoms with E-state index < -0.39 is 6.36 Å². The zero-order valence-electron chi connectivity index (χ0n) is 15.9. The predicted octanol–water partition coefficient (Wildman–Crippen LogP) is 5.02. The number of nitrogens with zero attached hydrogens (tertiary/aromatic N) is 3. The number of para-hydroxylation sites is 2. The summed E-state index contributed by atoms with van der Waals surface area (Å²) in [5.41, 5.74) is 2.63. The normalized spacial score (nSPS) is 15.8. The molecule has 0 spiro atoms. The summed E-state index contributed by atoms with van der Waals surface area (Å²) < 4.78 is 54.8. The third kappa shape index (κ3) is 3.72. The molecule has 0 amide bonds. The molecule has 0 saturated carbocycles. The first-order chi connectivity index (χ1) is 14.5. The van der Waals surface area contributed by atoms with Crippen LogP contribution in [0.2, 0.25) is 0 Å². The lowest BCUT2D eigenvalue weighted by atomic mass is 10.1. The number of benzene rings is 2. The van der Waals surface area contributed by atoms with Gasteiger partial charge >= 0.3 is 6.36 Å². The molecular weight excluding hydrogens is 399 g/mol. The SMILES string of the molecule is FC(F)(F)Oc1ccc2nc(Cc3nc4ccccc4n3C3CCOCC3)oc2c1. The number of ether oxygens (including phenoxy) is 2. The molecule has 2 aromatic carbocycles. The zero-order chi connectivity index (χ0) is 20.7. The highest BCUT2D eigenvalue weighted by Crippen LogP contribution is 2.31. The molecular formula is C21H18F3N3O3. The first kappa shape index (κ1) is 18.9. The van der Waals surface area contributed by atoms with Crippen molar-refractivity contribution in [3.63, 3.8) is 0 Å². The van der Waals surface area contributed by atoms with Crippen LogP contribution in [-0.4, -0.2) is 34.1 Å². The van der Waals surface area contributed by atoms with Crippen molar-refractivity contribution in [2.45, 2.75) is 31.7 Å². The molecule has 5 rings (SSSR count). The van der Waals surface area contributed by atoms with E-state index in [1.165, 1.54) is 18.2 Å². The second-order valence-electron chi connectivity index (χ2n) is 7.19. The molecule has 1 aliphatic rings. The Morgan fingerprint density at radius 2 is 1.83 bits per heavy atom. The monoisotopic (exact) mass is 417 g/mol. The number of hydrogen-bond acceptors (Lipinski definition) is 5. The maximum Gasteiger partial charge on any atom is 0.573 e. The lowest BCUT2D eigenvalue weighted by molar-refractivity contribution is -0.274. The molecule has 0 aliphatic carbocycles. The minimum atomic E-state index is -4.76. The van der Waals surface area contributed by atoms with E-state index in [0.717, 1.165) is 29.7 Å². The van der Waals surface area contributed by atoms with Gasteiger partial charge in [0.2, 0.25) is 5.89 Å². The molecule has 0 bridgehead atoms. The van der Waals surface area contributed by atoms with Crippen LogP contribution in [0, 0.1) is 0 Å². The van der Waals surface area contributed by atoms with Gasteiger partial charge in [-0.15, -0.1) is 13.2 Å². The molecule has 0 N–H and O–H groups in total. The van der Waals surface area contributed by atoms with Gasteiger partial charge in [-0.3, -0.25) is 0 Å². The van der Waals surface area contributed by atoms with Crippen molar-refractivity contribution in [3.8, 4) is 5.75 Å². The molecule has 4 aromatic rings. The largest absolute Gasteiger partial charge is 0.573 e. The predicted molar refractivity (Wildman–Crippen MR) is 102 cm³/mol. The number of hydrogen-bond donors (Lipinski definition) is 0. The van der Waals surface area contributed by atoms with E-state index in [1.807, 2.05) is 24.3 Å². The van der Waals surface area contributed by atoms with Gasteiger partial charge in [0.15, 0.2) is 5.58 Å².